The second kappa shape index (κ2) is 5.44. The molecule has 2 heteroatoms. The summed E-state index contributed by atoms with van der Waals surface area (Å²) in [5, 5.41) is 0. The molecular weight excluding hydrogens is 208 g/mol. The van der Waals surface area contributed by atoms with Gasteiger partial charge in [0.05, 0.1) is 0 Å². The SMILES string of the molecule is CC(C)CCCN1CCCc2ccc(N)cc21. The monoisotopic (exact) mass is 232 g/mol. The van der Waals surface area contributed by atoms with Gasteiger partial charge in [-0.2, -0.15) is 0 Å². The van der Waals surface area contributed by atoms with E-state index >= 15 is 0 Å². The van der Waals surface area contributed by atoms with E-state index in [4.69, 9.17) is 5.73 Å². The molecule has 0 saturated carbocycles. The Morgan fingerprint density at radius 2 is 2.18 bits per heavy atom. The van der Waals surface area contributed by atoms with Gasteiger partial charge in [-0.05, 0) is 49.3 Å². The van der Waals surface area contributed by atoms with Crippen LogP contribution in [0.25, 0.3) is 0 Å². The summed E-state index contributed by atoms with van der Waals surface area (Å²) in [5.41, 5.74) is 9.63. The molecule has 1 aliphatic heterocycles. The topological polar surface area (TPSA) is 29.3 Å². The third kappa shape index (κ3) is 3.15. The van der Waals surface area contributed by atoms with Crippen molar-refractivity contribution in [2.24, 2.45) is 5.92 Å². The summed E-state index contributed by atoms with van der Waals surface area (Å²) in [5.74, 6) is 0.806. The maximum absolute atomic E-state index is 5.89. The van der Waals surface area contributed by atoms with Crippen molar-refractivity contribution in [2.45, 2.75) is 39.5 Å². The molecule has 0 spiro atoms. The molecule has 0 amide bonds. The molecule has 1 aromatic carbocycles. The molecule has 0 atom stereocenters. The van der Waals surface area contributed by atoms with Crippen LogP contribution in [0.1, 0.15) is 38.7 Å². The molecule has 0 radical (unpaired) electrons. The Morgan fingerprint density at radius 1 is 1.35 bits per heavy atom. The summed E-state index contributed by atoms with van der Waals surface area (Å²) in [7, 11) is 0. The molecule has 2 nitrogen and oxygen atoms in total. The number of hydrogen-bond acceptors (Lipinski definition) is 2. The first kappa shape index (κ1) is 12.3. The van der Waals surface area contributed by atoms with E-state index < -0.39 is 0 Å². The Bertz CT molecular complexity index is 371. The van der Waals surface area contributed by atoms with E-state index in [2.05, 4.69) is 30.9 Å². The van der Waals surface area contributed by atoms with Crippen molar-refractivity contribution < 1.29 is 0 Å². The Kier molecular flexibility index (Phi) is 3.93. The smallest absolute Gasteiger partial charge is 0.0419 e. The van der Waals surface area contributed by atoms with E-state index in [1.54, 1.807) is 0 Å². The highest BCUT2D eigenvalue weighted by Crippen LogP contribution is 2.29. The van der Waals surface area contributed by atoms with Crippen molar-refractivity contribution >= 4 is 11.4 Å². The van der Waals surface area contributed by atoms with Crippen LogP contribution in [-0.4, -0.2) is 13.1 Å². The van der Waals surface area contributed by atoms with Crippen LogP contribution in [0, 0.1) is 5.92 Å². The van der Waals surface area contributed by atoms with Gasteiger partial charge in [0, 0.05) is 24.5 Å². The third-order valence-electron chi connectivity index (χ3n) is 3.53. The lowest BCUT2D eigenvalue weighted by atomic mass is 10.00. The Labute approximate surface area is 105 Å². The average Bonchev–Trinajstić information content (AvgIpc) is 2.29. The predicted octanol–water partition coefficient (Wildman–Crippen LogP) is 3.46. The molecule has 1 heterocycles. The van der Waals surface area contributed by atoms with Crippen molar-refractivity contribution in [2.75, 3.05) is 23.7 Å². The number of nitrogens with two attached hydrogens (primary N) is 1. The minimum atomic E-state index is 0.806. The summed E-state index contributed by atoms with van der Waals surface area (Å²) in [6.45, 7) is 6.95. The third-order valence-corrected chi connectivity index (χ3v) is 3.53. The molecule has 0 aromatic heterocycles. The summed E-state index contributed by atoms with van der Waals surface area (Å²) in [4.78, 5) is 2.51. The first-order chi connectivity index (χ1) is 8.16. The van der Waals surface area contributed by atoms with Crippen LogP contribution in [0.4, 0.5) is 11.4 Å². The molecular formula is C15H24N2. The second-order valence-corrected chi connectivity index (χ2v) is 5.51. The summed E-state index contributed by atoms with van der Waals surface area (Å²) < 4.78 is 0. The van der Waals surface area contributed by atoms with Gasteiger partial charge in [0.2, 0.25) is 0 Å². The number of nitrogens with zero attached hydrogens (tertiary/aromatic N) is 1. The fourth-order valence-electron chi connectivity index (χ4n) is 2.59. The van der Waals surface area contributed by atoms with Crippen molar-refractivity contribution in [3.63, 3.8) is 0 Å². The number of fused-ring (bicyclic) bond motifs is 1. The highest BCUT2D eigenvalue weighted by Gasteiger charge is 2.16. The van der Waals surface area contributed by atoms with Crippen LogP contribution in [0.15, 0.2) is 18.2 Å². The van der Waals surface area contributed by atoms with E-state index in [0.717, 1.165) is 11.6 Å². The van der Waals surface area contributed by atoms with Crippen molar-refractivity contribution in [1.82, 2.24) is 0 Å². The molecule has 0 aliphatic carbocycles. The van der Waals surface area contributed by atoms with E-state index in [1.807, 2.05) is 6.07 Å². The van der Waals surface area contributed by atoms with Gasteiger partial charge in [0.25, 0.3) is 0 Å². The van der Waals surface area contributed by atoms with E-state index in [1.165, 1.54) is 50.0 Å². The minimum absolute atomic E-state index is 0.806. The van der Waals surface area contributed by atoms with Crippen LogP contribution >= 0.6 is 0 Å². The molecule has 1 aliphatic rings. The quantitative estimate of drug-likeness (QED) is 0.806. The highest BCUT2D eigenvalue weighted by atomic mass is 15.1. The van der Waals surface area contributed by atoms with Crippen LogP contribution < -0.4 is 10.6 Å². The Hall–Kier alpha value is -1.18. The van der Waals surface area contributed by atoms with Gasteiger partial charge >= 0.3 is 0 Å². The zero-order chi connectivity index (χ0) is 12.3. The highest BCUT2D eigenvalue weighted by molar-refractivity contribution is 5.62. The van der Waals surface area contributed by atoms with Gasteiger partial charge in [0.1, 0.15) is 0 Å². The average molecular weight is 232 g/mol. The van der Waals surface area contributed by atoms with E-state index in [-0.39, 0.29) is 0 Å². The maximum atomic E-state index is 5.89. The Morgan fingerprint density at radius 3 is 2.94 bits per heavy atom. The first-order valence-corrected chi connectivity index (χ1v) is 6.80. The fourth-order valence-corrected chi connectivity index (χ4v) is 2.59. The summed E-state index contributed by atoms with van der Waals surface area (Å²) in [6.07, 6.45) is 5.08. The van der Waals surface area contributed by atoms with Crippen LogP contribution in [0.3, 0.4) is 0 Å². The minimum Gasteiger partial charge on any atom is -0.399 e. The van der Waals surface area contributed by atoms with Crippen molar-refractivity contribution in [1.29, 1.82) is 0 Å². The molecule has 1 aromatic rings. The zero-order valence-electron chi connectivity index (χ0n) is 11.1. The van der Waals surface area contributed by atoms with Crippen molar-refractivity contribution in [3.8, 4) is 0 Å². The number of rotatable bonds is 4. The molecule has 0 bridgehead atoms. The first-order valence-electron chi connectivity index (χ1n) is 6.80. The normalized spacial score (nSPS) is 15.1. The lowest BCUT2D eigenvalue weighted by Gasteiger charge is -2.31. The Balaban J connectivity index is 2.03. The number of benzene rings is 1. The van der Waals surface area contributed by atoms with Gasteiger partial charge in [-0.3, -0.25) is 0 Å². The molecule has 94 valence electrons. The van der Waals surface area contributed by atoms with Gasteiger partial charge in [-0.1, -0.05) is 19.9 Å². The number of nitrogen functional groups attached to an aromatic ring is 1. The summed E-state index contributed by atoms with van der Waals surface area (Å²) in [6, 6.07) is 6.36. The zero-order valence-corrected chi connectivity index (χ0v) is 11.1. The molecule has 0 fully saturated rings. The van der Waals surface area contributed by atoms with Gasteiger partial charge in [-0.15, -0.1) is 0 Å². The molecule has 2 N–H and O–H groups in total. The maximum Gasteiger partial charge on any atom is 0.0419 e. The van der Waals surface area contributed by atoms with E-state index in [0.29, 0.717) is 0 Å². The number of hydrogen-bond donors (Lipinski definition) is 1. The number of anilines is 2. The van der Waals surface area contributed by atoms with Gasteiger partial charge < -0.3 is 10.6 Å². The van der Waals surface area contributed by atoms with Crippen LogP contribution in [0.2, 0.25) is 0 Å². The fraction of sp³-hybridized carbons (Fsp3) is 0.600. The molecule has 17 heavy (non-hydrogen) atoms. The van der Waals surface area contributed by atoms with Crippen LogP contribution in [-0.2, 0) is 6.42 Å². The molecule has 2 rings (SSSR count). The lowest BCUT2D eigenvalue weighted by Crippen LogP contribution is -2.30. The standard InChI is InChI=1S/C15H24N2/c1-12(2)5-3-9-17-10-4-6-13-7-8-14(16)11-15(13)17/h7-8,11-12H,3-6,9-10,16H2,1-2H3. The largest absolute Gasteiger partial charge is 0.399 e. The lowest BCUT2D eigenvalue weighted by molar-refractivity contribution is 0.543. The van der Waals surface area contributed by atoms with E-state index in [9.17, 15) is 0 Å². The molecule has 0 saturated heterocycles. The summed E-state index contributed by atoms with van der Waals surface area (Å²) >= 11 is 0. The molecule has 0 unspecified atom stereocenters. The van der Waals surface area contributed by atoms with Gasteiger partial charge in [0.15, 0.2) is 0 Å². The van der Waals surface area contributed by atoms with Crippen molar-refractivity contribution in [3.05, 3.63) is 23.8 Å². The predicted molar refractivity (Wildman–Crippen MR) is 75.5 cm³/mol. The van der Waals surface area contributed by atoms with Crippen LogP contribution in [0.5, 0.6) is 0 Å². The second-order valence-electron chi connectivity index (χ2n) is 5.51. The number of aryl methyl sites for hydroxylation is 1. The van der Waals surface area contributed by atoms with Gasteiger partial charge in [-0.25, -0.2) is 0 Å².